The van der Waals surface area contributed by atoms with Crippen molar-refractivity contribution in [3.05, 3.63) is 41.5 Å². The van der Waals surface area contributed by atoms with Crippen LogP contribution in [0.5, 0.6) is 5.75 Å². The highest BCUT2D eigenvalue weighted by atomic mass is 79.9. The van der Waals surface area contributed by atoms with Gasteiger partial charge in [-0.05, 0) is 47.3 Å². The van der Waals surface area contributed by atoms with Gasteiger partial charge in [0, 0.05) is 49.8 Å². The summed E-state index contributed by atoms with van der Waals surface area (Å²) in [5.41, 5.74) is 1.83. The largest absolute Gasteiger partial charge is 0.492 e. The van der Waals surface area contributed by atoms with E-state index >= 15 is 0 Å². The van der Waals surface area contributed by atoms with Gasteiger partial charge in [-0.25, -0.2) is 14.6 Å². The van der Waals surface area contributed by atoms with E-state index in [9.17, 15) is 4.79 Å². The fourth-order valence-corrected chi connectivity index (χ4v) is 5.58. The highest BCUT2D eigenvalue weighted by Crippen LogP contribution is 2.39. The van der Waals surface area contributed by atoms with Crippen LogP contribution < -0.4 is 20.7 Å². The number of carbonyl (C=O) groups is 1. The van der Waals surface area contributed by atoms with Crippen molar-refractivity contribution in [3.63, 3.8) is 0 Å². The molecule has 0 radical (unpaired) electrons. The highest BCUT2D eigenvalue weighted by molar-refractivity contribution is 9.10. The Morgan fingerprint density at radius 1 is 1.34 bits per heavy atom. The lowest BCUT2D eigenvalue weighted by Gasteiger charge is -2.27. The molecule has 0 unspecified atom stereocenters. The first kappa shape index (κ1) is 24.8. The minimum atomic E-state index is -0.391. The van der Waals surface area contributed by atoms with Crippen molar-refractivity contribution in [2.75, 3.05) is 32.1 Å². The Morgan fingerprint density at radius 2 is 2.21 bits per heavy atom. The number of ether oxygens (including phenoxy) is 1. The first-order valence-corrected chi connectivity index (χ1v) is 13.5. The number of carbonyl (C=O) groups excluding carboxylic acids is 1. The number of halogens is 1. The lowest BCUT2D eigenvalue weighted by molar-refractivity contribution is -0.129. The molecule has 12 heteroatoms. The quantitative estimate of drug-likeness (QED) is 0.286. The Balaban J connectivity index is 1.31. The molecule has 0 spiro atoms. The molecule has 2 aliphatic rings. The zero-order valence-electron chi connectivity index (χ0n) is 21.2. The molecule has 3 aromatic heterocycles. The Labute approximate surface area is 227 Å². The molecular formula is C26H29BrN8O3. The van der Waals surface area contributed by atoms with Crippen molar-refractivity contribution in [2.45, 2.75) is 32.2 Å². The molecule has 4 heterocycles. The Bertz CT molecular complexity index is 1470. The van der Waals surface area contributed by atoms with Gasteiger partial charge in [0.15, 0.2) is 5.65 Å². The third kappa shape index (κ3) is 4.62. The van der Waals surface area contributed by atoms with Gasteiger partial charge in [-0.1, -0.05) is 6.92 Å². The fourth-order valence-electron chi connectivity index (χ4n) is 5.14. The number of nitrogens with zero attached hydrogens (tertiary/aromatic N) is 5. The molecule has 1 saturated heterocycles. The minimum Gasteiger partial charge on any atom is -0.492 e. The van der Waals surface area contributed by atoms with E-state index in [2.05, 4.69) is 41.8 Å². The van der Waals surface area contributed by atoms with Crippen molar-refractivity contribution < 1.29 is 13.9 Å². The summed E-state index contributed by atoms with van der Waals surface area (Å²) in [5.74, 6) is 2.21. The van der Waals surface area contributed by atoms with Gasteiger partial charge >= 0.3 is 0 Å². The van der Waals surface area contributed by atoms with Crippen LogP contribution in [-0.2, 0) is 4.79 Å². The summed E-state index contributed by atoms with van der Waals surface area (Å²) in [6.45, 7) is 4.49. The monoisotopic (exact) mass is 580 g/mol. The molecule has 3 N–H and O–H groups in total. The van der Waals surface area contributed by atoms with Crippen molar-refractivity contribution in [1.82, 2.24) is 35.4 Å². The van der Waals surface area contributed by atoms with Crippen molar-refractivity contribution in [1.29, 1.82) is 0 Å². The van der Waals surface area contributed by atoms with E-state index in [-0.39, 0.29) is 11.9 Å². The molecule has 1 aromatic carbocycles. The van der Waals surface area contributed by atoms with Crippen molar-refractivity contribution in [3.8, 4) is 22.9 Å². The minimum absolute atomic E-state index is 0.0694. The molecule has 1 amide bonds. The second-order valence-electron chi connectivity index (χ2n) is 10.2. The van der Waals surface area contributed by atoms with Crippen molar-refractivity contribution >= 4 is 38.8 Å². The summed E-state index contributed by atoms with van der Waals surface area (Å²) >= 11 is 3.56. The Hall–Kier alpha value is -3.51. The SMILES string of the molecule is CNC(=O)[C@]1(C)CC[C@@H](Nc2ncc3c(Br)nn(-c4ccc(-c5ncco5)c(OCC5CNC5)c4)c3n2)C1. The van der Waals surface area contributed by atoms with Gasteiger partial charge in [0.25, 0.3) is 0 Å². The second-order valence-corrected chi connectivity index (χ2v) is 11.0. The first-order chi connectivity index (χ1) is 18.4. The van der Waals surface area contributed by atoms with Gasteiger partial charge < -0.3 is 25.1 Å². The Morgan fingerprint density at radius 3 is 2.95 bits per heavy atom. The van der Waals surface area contributed by atoms with E-state index in [4.69, 9.17) is 19.2 Å². The van der Waals surface area contributed by atoms with Gasteiger partial charge in [-0.2, -0.15) is 10.1 Å². The molecule has 1 aliphatic carbocycles. The molecule has 2 fully saturated rings. The number of rotatable bonds is 8. The Kier molecular flexibility index (Phi) is 6.52. The lowest BCUT2D eigenvalue weighted by atomic mass is 9.87. The summed E-state index contributed by atoms with van der Waals surface area (Å²) in [6.07, 6.45) is 7.33. The number of hydrogen-bond donors (Lipinski definition) is 3. The topological polar surface area (TPSA) is 132 Å². The van der Waals surface area contributed by atoms with E-state index in [0.29, 0.717) is 40.4 Å². The van der Waals surface area contributed by atoms with E-state index in [1.807, 2.05) is 25.1 Å². The van der Waals surface area contributed by atoms with Gasteiger partial charge in [-0.3, -0.25) is 4.79 Å². The molecule has 1 aliphatic heterocycles. The number of fused-ring (bicyclic) bond motifs is 1. The van der Waals surface area contributed by atoms with Gasteiger partial charge in [0.2, 0.25) is 17.7 Å². The van der Waals surface area contributed by atoms with E-state index in [1.54, 1.807) is 30.4 Å². The van der Waals surface area contributed by atoms with Crippen LogP contribution in [0.3, 0.4) is 0 Å². The summed E-state index contributed by atoms with van der Waals surface area (Å²) < 4.78 is 14.2. The number of benzene rings is 1. The number of nitrogens with one attached hydrogen (secondary N) is 3. The lowest BCUT2D eigenvalue weighted by Crippen LogP contribution is -2.45. The molecule has 1 saturated carbocycles. The summed E-state index contributed by atoms with van der Waals surface area (Å²) in [4.78, 5) is 26.0. The molecule has 198 valence electrons. The number of amides is 1. The smallest absolute Gasteiger partial charge is 0.229 e. The predicted molar refractivity (Wildman–Crippen MR) is 145 cm³/mol. The summed E-state index contributed by atoms with van der Waals surface area (Å²) in [6, 6.07) is 5.91. The van der Waals surface area contributed by atoms with Gasteiger partial charge in [0.05, 0.1) is 29.4 Å². The standard InChI is InChI=1S/C26H29BrN8O3/c1-26(24(36)28-2)6-5-16(10-26)32-25-31-13-19-21(27)34-35(22(19)33-25)17-3-4-18(23-30-7-8-37-23)20(9-17)38-14-15-11-29-12-15/h3-4,7-9,13,15-16,29H,5-6,10-12,14H2,1-2H3,(H,28,36)(H,31,32,33)/t16-,26-/m1/s1. The zero-order chi connectivity index (χ0) is 26.3. The molecule has 38 heavy (non-hydrogen) atoms. The molecule has 4 aromatic rings. The van der Waals surface area contributed by atoms with Crippen molar-refractivity contribution in [2.24, 2.45) is 11.3 Å². The van der Waals surface area contributed by atoms with Crippen LogP contribution in [-0.4, -0.2) is 63.4 Å². The highest BCUT2D eigenvalue weighted by Gasteiger charge is 2.41. The van der Waals surface area contributed by atoms with E-state index in [1.165, 1.54) is 0 Å². The summed E-state index contributed by atoms with van der Waals surface area (Å²) in [5, 5.41) is 15.0. The number of anilines is 1. The number of oxazole rings is 1. The predicted octanol–water partition coefficient (Wildman–Crippen LogP) is 3.55. The molecule has 6 rings (SSSR count). The molecule has 0 bridgehead atoms. The number of aromatic nitrogens is 5. The van der Waals surface area contributed by atoms with Crippen LogP contribution >= 0.6 is 15.9 Å². The van der Waals surface area contributed by atoms with Crippen LogP contribution in [0, 0.1) is 11.3 Å². The van der Waals surface area contributed by atoms with Crippen LogP contribution in [0.4, 0.5) is 5.95 Å². The maximum absolute atomic E-state index is 12.3. The fraction of sp³-hybridized carbons (Fsp3) is 0.423. The van der Waals surface area contributed by atoms with Gasteiger partial charge in [-0.15, -0.1) is 0 Å². The zero-order valence-corrected chi connectivity index (χ0v) is 22.8. The average Bonchev–Trinajstić information content (AvgIpc) is 3.63. The summed E-state index contributed by atoms with van der Waals surface area (Å²) in [7, 11) is 1.68. The molecule has 11 nitrogen and oxygen atoms in total. The van der Waals surface area contributed by atoms with Gasteiger partial charge in [0.1, 0.15) is 16.6 Å². The maximum Gasteiger partial charge on any atom is 0.229 e. The van der Waals surface area contributed by atoms with Crippen LogP contribution in [0.2, 0.25) is 0 Å². The maximum atomic E-state index is 12.3. The third-order valence-corrected chi connectivity index (χ3v) is 8.03. The van der Waals surface area contributed by atoms with E-state index < -0.39 is 5.41 Å². The third-order valence-electron chi connectivity index (χ3n) is 7.44. The van der Waals surface area contributed by atoms with Crippen LogP contribution in [0.25, 0.3) is 28.2 Å². The first-order valence-electron chi connectivity index (χ1n) is 12.7. The molecule has 2 atom stereocenters. The molecular weight excluding hydrogens is 552 g/mol. The van der Waals surface area contributed by atoms with Crippen LogP contribution in [0.1, 0.15) is 26.2 Å². The van der Waals surface area contributed by atoms with E-state index in [0.717, 1.165) is 49.0 Å². The average molecular weight is 581 g/mol. The normalized spacial score (nSPS) is 21.4. The van der Waals surface area contributed by atoms with Crippen LogP contribution in [0.15, 0.2) is 45.9 Å². The number of hydrogen-bond acceptors (Lipinski definition) is 9. The second kappa shape index (κ2) is 9.99.